The van der Waals surface area contributed by atoms with Crippen molar-refractivity contribution in [1.82, 2.24) is 9.97 Å². The summed E-state index contributed by atoms with van der Waals surface area (Å²) in [4.78, 5) is 36.5. The van der Waals surface area contributed by atoms with Gasteiger partial charge in [-0.2, -0.15) is 0 Å². The van der Waals surface area contributed by atoms with Crippen molar-refractivity contribution in [2.45, 2.75) is 51.2 Å². The Kier molecular flexibility index (Phi) is 7.11. The van der Waals surface area contributed by atoms with E-state index in [2.05, 4.69) is 9.97 Å². The molecule has 2 heterocycles. The Morgan fingerprint density at radius 3 is 2.53 bits per heavy atom. The lowest BCUT2D eigenvalue weighted by atomic mass is 9.94. The van der Waals surface area contributed by atoms with Crippen LogP contribution < -0.4 is 9.64 Å². The highest BCUT2D eigenvalue weighted by atomic mass is 32.1. The second kappa shape index (κ2) is 10.4. The highest BCUT2D eigenvalue weighted by Gasteiger charge is 2.33. The normalized spacial score (nSPS) is 15.0. The molecule has 1 aliphatic carbocycles. The van der Waals surface area contributed by atoms with E-state index < -0.39 is 12.1 Å². The van der Waals surface area contributed by atoms with Gasteiger partial charge >= 0.3 is 5.97 Å². The molecular formula is C24H25N3O4S. The number of thiazole rings is 1. The molecule has 1 saturated carbocycles. The first-order valence-corrected chi connectivity index (χ1v) is 11.6. The molecule has 2 aromatic heterocycles. The van der Waals surface area contributed by atoms with Crippen LogP contribution >= 0.6 is 11.3 Å². The third kappa shape index (κ3) is 5.13. The molecule has 0 radical (unpaired) electrons. The van der Waals surface area contributed by atoms with Gasteiger partial charge in [0, 0.05) is 23.8 Å². The molecule has 166 valence electrons. The molecule has 0 spiro atoms. The first-order valence-electron chi connectivity index (χ1n) is 10.7. The van der Waals surface area contributed by atoms with Crippen LogP contribution in [-0.2, 0) is 9.53 Å². The van der Waals surface area contributed by atoms with Gasteiger partial charge in [-0.05, 0) is 44.0 Å². The number of benzene rings is 1. The number of rotatable bonds is 7. The Hall–Kier alpha value is -3.26. The molecular weight excluding hydrogens is 426 g/mol. The fourth-order valence-electron chi connectivity index (χ4n) is 3.80. The van der Waals surface area contributed by atoms with Gasteiger partial charge in [0.15, 0.2) is 11.2 Å². The zero-order chi connectivity index (χ0) is 22.3. The van der Waals surface area contributed by atoms with Gasteiger partial charge in [-0.3, -0.25) is 9.69 Å². The molecule has 7 nitrogen and oxygen atoms in total. The summed E-state index contributed by atoms with van der Waals surface area (Å²) in [5.74, 6) is -0.244. The van der Waals surface area contributed by atoms with Gasteiger partial charge in [-0.25, -0.2) is 14.8 Å². The fourth-order valence-corrected chi connectivity index (χ4v) is 4.52. The summed E-state index contributed by atoms with van der Waals surface area (Å²) in [5, 5.41) is 2.48. The molecule has 1 aromatic carbocycles. The van der Waals surface area contributed by atoms with Gasteiger partial charge in [0.2, 0.25) is 5.88 Å². The quantitative estimate of drug-likeness (QED) is 0.457. The lowest BCUT2D eigenvalue weighted by Crippen LogP contribution is -2.47. The van der Waals surface area contributed by atoms with Crippen LogP contribution in [0, 0.1) is 0 Å². The van der Waals surface area contributed by atoms with Crippen LogP contribution in [0.25, 0.3) is 0 Å². The lowest BCUT2D eigenvalue weighted by molar-refractivity contribution is -0.127. The summed E-state index contributed by atoms with van der Waals surface area (Å²) in [6.45, 7) is 1.60. The maximum atomic E-state index is 13.4. The summed E-state index contributed by atoms with van der Waals surface area (Å²) in [7, 11) is 0. The highest BCUT2D eigenvalue weighted by molar-refractivity contribution is 7.13. The molecule has 1 unspecified atom stereocenters. The van der Waals surface area contributed by atoms with Crippen LogP contribution in [-0.4, -0.2) is 34.0 Å². The topological polar surface area (TPSA) is 81.6 Å². The van der Waals surface area contributed by atoms with E-state index in [0.29, 0.717) is 10.9 Å². The van der Waals surface area contributed by atoms with E-state index in [1.54, 1.807) is 42.3 Å². The number of pyridine rings is 1. The van der Waals surface area contributed by atoms with E-state index in [0.717, 1.165) is 25.7 Å². The summed E-state index contributed by atoms with van der Waals surface area (Å²) >= 11 is 1.41. The van der Waals surface area contributed by atoms with Gasteiger partial charge in [0.05, 0.1) is 0 Å². The van der Waals surface area contributed by atoms with Crippen LogP contribution in [0.4, 0.5) is 5.13 Å². The number of hydrogen-bond donors (Lipinski definition) is 0. The van der Waals surface area contributed by atoms with Crippen LogP contribution in [0.2, 0.25) is 0 Å². The zero-order valence-electron chi connectivity index (χ0n) is 17.8. The van der Waals surface area contributed by atoms with Crippen molar-refractivity contribution in [2.75, 3.05) is 4.90 Å². The molecule has 1 aliphatic rings. The molecule has 8 heteroatoms. The minimum absolute atomic E-state index is 0.0684. The van der Waals surface area contributed by atoms with E-state index >= 15 is 0 Å². The van der Waals surface area contributed by atoms with Crippen molar-refractivity contribution in [3.63, 3.8) is 0 Å². The zero-order valence-corrected chi connectivity index (χ0v) is 18.7. The molecule has 1 amide bonds. The van der Waals surface area contributed by atoms with Crippen LogP contribution in [0.15, 0.2) is 60.2 Å². The van der Waals surface area contributed by atoms with Crippen molar-refractivity contribution in [1.29, 1.82) is 0 Å². The van der Waals surface area contributed by atoms with Crippen molar-refractivity contribution < 1.29 is 19.1 Å². The predicted molar refractivity (Wildman–Crippen MR) is 122 cm³/mol. The molecule has 0 aliphatic heterocycles. The number of carbonyl (C=O) groups is 2. The van der Waals surface area contributed by atoms with E-state index in [4.69, 9.17) is 9.47 Å². The van der Waals surface area contributed by atoms with Crippen LogP contribution in [0.3, 0.4) is 0 Å². The first kappa shape index (κ1) is 22.0. The molecule has 0 bridgehead atoms. The third-order valence-electron chi connectivity index (χ3n) is 5.38. The average Bonchev–Trinajstić information content (AvgIpc) is 3.35. The van der Waals surface area contributed by atoms with Gasteiger partial charge in [-0.15, -0.1) is 11.3 Å². The summed E-state index contributed by atoms with van der Waals surface area (Å²) < 4.78 is 11.3. The van der Waals surface area contributed by atoms with E-state index in [9.17, 15) is 9.59 Å². The molecule has 0 N–H and O–H groups in total. The molecule has 4 rings (SSSR count). The minimum atomic E-state index is -0.974. The molecule has 0 saturated heterocycles. The SMILES string of the molecule is CC(OC(=O)c1cccnc1Oc1ccccc1)C(=O)N(c1nccs1)C1CCCCC1. The molecule has 3 aromatic rings. The monoisotopic (exact) mass is 451 g/mol. The van der Waals surface area contributed by atoms with Crippen molar-refractivity contribution in [3.05, 3.63) is 65.8 Å². The van der Waals surface area contributed by atoms with Crippen molar-refractivity contribution in [2.24, 2.45) is 0 Å². The van der Waals surface area contributed by atoms with E-state index in [1.165, 1.54) is 24.0 Å². The summed E-state index contributed by atoms with van der Waals surface area (Å²) in [6.07, 6.45) is 7.41. The van der Waals surface area contributed by atoms with Gasteiger partial charge in [0.25, 0.3) is 5.91 Å². The second-order valence-corrected chi connectivity index (χ2v) is 8.51. The number of para-hydroxylation sites is 1. The van der Waals surface area contributed by atoms with E-state index in [-0.39, 0.29) is 23.4 Å². The summed E-state index contributed by atoms with van der Waals surface area (Å²) in [6, 6.07) is 12.3. The minimum Gasteiger partial charge on any atom is -0.449 e. The number of amides is 1. The Labute approximate surface area is 191 Å². The highest BCUT2D eigenvalue weighted by Crippen LogP contribution is 2.30. The number of ether oxygens (including phenoxy) is 2. The largest absolute Gasteiger partial charge is 0.449 e. The number of carbonyl (C=O) groups excluding carboxylic acids is 2. The van der Waals surface area contributed by atoms with Gasteiger partial charge in [0.1, 0.15) is 11.3 Å². The smallest absolute Gasteiger partial charge is 0.344 e. The standard InChI is InChI=1S/C24H25N3O4S/c1-17(22(28)27(24-26-15-16-32-24)18-9-4-2-5-10-18)30-23(29)20-13-8-14-25-21(20)31-19-11-6-3-7-12-19/h3,6-8,11-18H,2,4-5,9-10H2,1H3. The number of hydrogen-bond acceptors (Lipinski definition) is 7. The Morgan fingerprint density at radius 1 is 1.03 bits per heavy atom. The first-order chi connectivity index (χ1) is 15.6. The average molecular weight is 452 g/mol. The number of aromatic nitrogens is 2. The number of esters is 1. The fraction of sp³-hybridized carbons (Fsp3) is 0.333. The molecule has 1 fully saturated rings. The van der Waals surface area contributed by atoms with Crippen LogP contribution in [0.1, 0.15) is 49.4 Å². The maximum absolute atomic E-state index is 13.4. The number of nitrogens with zero attached hydrogens (tertiary/aromatic N) is 3. The second-order valence-electron chi connectivity index (χ2n) is 7.63. The van der Waals surface area contributed by atoms with Crippen LogP contribution in [0.5, 0.6) is 11.6 Å². The van der Waals surface area contributed by atoms with Gasteiger partial charge < -0.3 is 9.47 Å². The van der Waals surface area contributed by atoms with Crippen molar-refractivity contribution in [3.8, 4) is 11.6 Å². The van der Waals surface area contributed by atoms with Gasteiger partial charge in [-0.1, -0.05) is 37.5 Å². The Balaban J connectivity index is 1.50. The Bertz CT molecular complexity index is 1040. The maximum Gasteiger partial charge on any atom is 0.344 e. The predicted octanol–water partition coefficient (Wildman–Crippen LogP) is 5.24. The van der Waals surface area contributed by atoms with E-state index in [1.807, 2.05) is 23.6 Å². The summed E-state index contributed by atoms with van der Waals surface area (Å²) in [5.41, 5.74) is 0.162. The third-order valence-corrected chi connectivity index (χ3v) is 6.15. The molecule has 1 atom stereocenters. The number of anilines is 1. The van der Waals surface area contributed by atoms with Crippen molar-refractivity contribution >= 4 is 28.3 Å². The Morgan fingerprint density at radius 2 is 1.81 bits per heavy atom. The lowest BCUT2D eigenvalue weighted by Gasteiger charge is -2.33. The molecule has 32 heavy (non-hydrogen) atoms.